The topological polar surface area (TPSA) is 259 Å². The van der Waals surface area contributed by atoms with Gasteiger partial charge in [0, 0.05) is 94.4 Å². The van der Waals surface area contributed by atoms with Crippen LogP contribution in [0.15, 0.2) is 73.1 Å². The van der Waals surface area contributed by atoms with Crippen LogP contribution in [-0.4, -0.2) is 175 Å². The van der Waals surface area contributed by atoms with Gasteiger partial charge in [0.2, 0.25) is 23.6 Å². The molecule has 21 nitrogen and oxygen atoms in total. The number of rotatable bonds is 35. The molecule has 3 aliphatic rings. The number of nitrogens with one attached hydrogen (secondary N) is 5. The second kappa shape index (κ2) is 32.5. The van der Waals surface area contributed by atoms with Gasteiger partial charge in [0.25, 0.3) is 0 Å². The van der Waals surface area contributed by atoms with Crippen molar-refractivity contribution in [1.29, 1.82) is 0 Å². The van der Waals surface area contributed by atoms with Crippen molar-refractivity contribution in [3.05, 3.63) is 73.1 Å². The molecular weight excluding hydrogens is 1020 g/mol. The van der Waals surface area contributed by atoms with Gasteiger partial charge in [-0.2, -0.15) is 16.9 Å². The van der Waals surface area contributed by atoms with E-state index >= 15 is 0 Å². The van der Waals surface area contributed by atoms with Gasteiger partial charge in [-0.1, -0.05) is 30.7 Å². The number of fused-ring (bicyclic) bond motifs is 2. The van der Waals surface area contributed by atoms with E-state index in [2.05, 4.69) is 41.5 Å². The van der Waals surface area contributed by atoms with E-state index in [0.717, 1.165) is 75.0 Å². The number of unbranched alkanes of at least 4 members (excludes halogenated alkanes) is 2. The monoisotopic (exact) mass is 1100 g/mol. The molecule has 3 aliphatic heterocycles. The molecule has 0 bridgehead atoms. The number of carbonyl (C=O) groups excluding carboxylic acids is 5. The number of hydrogen-bond donors (Lipinski definition) is 6. The maximum Gasteiger partial charge on any atom is 0.315 e. The van der Waals surface area contributed by atoms with Crippen molar-refractivity contribution in [3.63, 3.8) is 0 Å². The number of para-hydroxylation sites is 1. The van der Waals surface area contributed by atoms with Crippen LogP contribution >= 0.6 is 11.8 Å². The third-order valence-electron chi connectivity index (χ3n) is 13.9. The molecule has 3 fully saturated rings. The first-order valence-electron chi connectivity index (χ1n) is 27.8. The Morgan fingerprint density at radius 3 is 2.14 bits per heavy atom. The van der Waals surface area contributed by atoms with Crippen LogP contribution in [0, 0.1) is 0 Å². The molecule has 0 unspecified atom stereocenters. The molecule has 424 valence electrons. The summed E-state index contributed by atoms with van der Waals surface area (Å²) in [6.45, 7) is 7.13. The number of urea groups is 1. The second-order valence-corrected chi connectivity index (χ2v) is 21.2. The first-order valence-corrected chi connectivity index (χ1v) is 28.8. The van der Waals surface area contributed by atoms with Gasteiger partial charge in [0.1, 0.15) is 29.3 Å². The summed E-state index contributed by atoms with van der Waals surface area (Å²) < 4.78 is 24.6. The summed E-state index contributed by atoms with van der Waals surface area (Å²) in [7, 11) is 2.01. The Morgan fingerprint density at radius 2 is 1.44 bits per heavy atom. The quantitative estimate of drug-likeness (QED) is 0.0192. The maximum absolute atomic E-state index is 13.4. The molecule has 0 radical (unpaired) electrons. The molecule has 4 atom stereocenters. The lowest BCUT2D eigenvalue weighted by molar-refractivity contribution is -0.127. The molecule has 5 heterocycles. The predicted molar refractivity (Wildman–Crippen MR) is 301 cm³/mol. The third kappa shape index (κ3) is 19.5. The van der Waals surface area contributed by atoms with Crippen LogP contribution in [0.25, 0.3) is 22.3 Å². The van der Waals surface area contributed by atoms with Crippen molar-refractivity contribution in [1.82, 2.24) is 56.1 Å². The number of thioether (sulfide) groups is 1. The molecular formula is C56H80N12O9S. The van der Waals surface area contributed by atoms with Gasteiger partial charge in [-0.25, -0.2) is 19.4 Å². The number of benzene rings is 2. The fourth-order valence-corrected chi connectivity index (χ4v) is 11.2. The fourth-order valence-electron chi connectivity index (χ4n) is 9.67. The zero-order valence-corrected chi connectivity index (χ0v) is 46.0. The van der Waals surface area contributed by atoms with Gasteiger partial charge in [0.15, 0.2) is 5.65 Å². The zero-order valence-electron chi connectivity index (χ0n) is 45.2. The van der Waals surface area contributed by atoms with Crippen molar-refractivity contribution in [3.8, 4) is 22.8 Å². The summed E-state index contributed by atoms with van der Waals surface area (Å²) >= 11 is 1.90. The maximum atomic E-state index is 13.4. The normalized spacial score (nSPS) is 18.0. The number of anilines is 1. The number of carbonyl (C=O) groups is 5. The molecule has 22 heteroatoms. The molecule has 6 amide bonds. The molecule has 0 aliphatic carbocycles. The highest BCUT2D eigenvalue weighted by atomic mass is 32.2. The predicted octanol–water partition coefficient (Wildman–Crippen LogP) is 5.37. The minimum atomic E-state index is -0.0859. The van der Waals surface area contributed by atoms with Gasteiger partial charge < -0.3 is 61.1 Å². The average molecular weight is 1100 g/mol. The van der Waals surface area contributed by atoms with E-state index in [9.17, 15) is 24.0 Å². The highest BCUT2D eigenvalue weighted by Crippen LogP contribution is 2.36. The van der Waals surface area contributed by atoms with Crippen molar-refractivity contribution in [2.24, 2.45) is 0 Å². The Kier molecular flexibility index (Phi) is 24.8. The molecule has 78 heavy (non-hydrogen) atoms. The average Bonchev–Trinajstić information content (AvgIpc) is 4.26. The number of nitrogens with zero attached hydrogens (tertiary/aromatic N) is 6. The number of likely N-dealkylation sites (tertiary alicyclic amines) is 1. The third-order valence-corrected chi connectivity index (χ3v) is 15.4. The molecule has 2 aromatic carbocycles. The fraction of sp³-hybridized carbons (Fsp3) is 0.571. The Morgan fingerprint density at radius 1 is 0.782 bits per heavy atom. The zero-order chi connectivity index (χ0) is 54.7. The van der Waals surface area contributed by atoms with Crippen molar-refractivity contribution >= 4 is 58.3 Å². The summed E-state index contributed by atoms with van der Waals surface area (Å²) in [4.78, 5) is 74.6. The van der Waals surface area contributed by atoms with E-state index in [0.29, 0.717) is 138 Å². The molecule has 7 rings (SSSR count). The van der Waals surface area contributed by atoms with Crippen molar-refractivity contribution < 1.29 is 42.9 Å². The summed E-state index contributed by atoms with van der Waals surface area (Å²) in [6, 6.07) is 17.6. The van der Waals surface area contributed by atoms with Crippen LogP contribution in [0.4, 0.5) is 10.6 Å². The standard InChI is InChI=1S/C56H80N12O9S/c1-66(30-11-21-50(72)67-31-10-14-42(38-67)68-55-51(54(57)61-40-62-55)52(65-68)41-22-24-44(25-23-41)77-43-15-3-2-4-16-43)29-8-7-26-58-48(70)19-9-20-49(71)60-28-13-33-75-35-37-76-36-34-74-32-12-27-59-47(69)18-6-5-17-46-53-45(39-78-46)63-56(73)64-53/h2-4,11,15-16,21-25,40,42,45-46,53H,5-10,12-14,17-20,26-39H2,1H3,(H,58,70)(H,59,69)(H,60,71)(H2,57,61,62)(H2,63,64,73)/b21-11+/t42-,45+,46+,53+/m1/s1. The number of aromatic nitrogens is 4. The van der Waals surface area contributed by atoms with Crippen molar-refractivity contribution in [2.75, 3.05) is 104 Å². The minimum Gasteiger partial charge on any atom is -0.457 e. The van der Waals surface area contributed by atoms with Crippen LogP contribution in [-0.2, 0) is 33.4 Å². The molecule has 0 spiro atoms. The highest BCUT2D eigenvalue weighted by Gasteiger charge is 2.42. The number of hydrogen-bond acceptors (Lipinski definition) is 15. The van der Waals surface area contributed by atoms with Crippen LogP contribution in [0.2, 0.25) is 0 Å². The number of nitrogens with two attached hydrogens (primary N) is 1. The van der Waals surface area contributed by atoms with Crippen LogP contribution < -0.4 is 37.1 Å². The number of likely N-dealkylation sites (N-methyl/N-ethyl adjacent to an activating group) is 1. The van der Waals surface area contributed by atoms with E-state index in [4.69, 9.17) is 29.8 Å². The number of piperidine rings is 1. The van der Waals surface area contributed by atoms with E-state index in [1.54, 1.807) is 6.08 Å². The molecule has 0 saturated carbocycles. The molecule has 7 N–H and O–H groups in total. The number of nitrogen functional groups attached to an aromatic ring is 1. The Bertz CT molecular complexity index is 2540. The second-order valence-electron chi connectivity index (χ2n) is 20.0. The minimum absolute atomic E-state index is 0.0413. The lowest BCUT2D eigenvalue weighted by atomic mass is 10.0. The van der Waals surface area contributed by atoms with Crippen molar-refractivity contribution in [2.45, 2.75) is 107 Å². The summed E-state index contributed by atoms with van der Waals surface area (Å²) in [5.41, 5.74) is 8.59. The Balaban J connectivity index is 0.635. The van der Waals surface area contributed by atoms with E-state index in [1.165, 1.54) is 6.33 Å². The highest BCUT2D eigenvalue weighted by molar-refractivity contribution is 8.00. The van der Waals surface area contributed by atoms with E-state index < -0.39 is 0 Å². The summed E-state index contributed by atoms with van der Waals surface area (Å²) in [6.07, 6.45) is 14.2. The number of amides is 6. The number of ether oxygens (including phenoxy) is 4. The van der Waals surface area contributed by atoms with Gasteiger partial charge in [-0.15, -0.1) is 0 Å². The SMILES string of the molecule is CN(C/C=C/C(=O)N1CCC[C@@H](n2nc(-c3ccc(Oc4ccccc4)cc3)c3c(N)ncnc32)C1)CCCCNC(=O)CCCC(=O)NCCCOCCOCCOCCCNC(=O)CCCC[C@@H]1SC[C@@H]2NC(=O)N[C@@H]21. The van der Waals surface area contributed by atoms with Crippen LogP contribution in [0.1, 0.15) is 89.5 Å². The molecule has 2 aromatic heterocycles. The molecule has 3 saturated heterocycles. The lowest BCUT2D eigenvalue weighted by Gasteiger charge is -2.32. The van der Waals surface area contributed by atoms with Crippen LogP contribution in [0.5, 0.6) is 11.5 Å². The first kappa shape index (κ1) is 59.3. The van der Waals surface area contributed by atoms with Gasteiger partial charge in [-0.3, -0.25) is 19.2 Å². The smallest absolute Gasteiger partial charge is 0.315 e. The summed E-state index contributed by atoms with van der Waals surface area (Å²) in [5.74, 6) is 2.63. The van der Waals surface area contributed by atoms with Gasteiger partial charge >= 0.3 is 6.03 Å². The van der Waals surface area contributed by atoms with Gasteiger partial charge in [0.05, 0.1) is 49.9 Å². The lowest BCUT2D eigenvalue weighted by Crippen LogP contribution is -2.40. The largest absolute Gasteiger partial charge is 0.457 e. The van der Waals surface area contributed by atoms with Crippen LogP contribution in [0.3, 0.4) is 0 Å². The van der Waals surface area contributed by atoms with E-state index in [-0.39, 0.29) is 54.2 Å². The Hall–Kier alpha value is -6.33. The summed E-state index contributed by atoms with van der Waals surface area (Å²) in [5, 5.41) is 20.9. The molecule has 4 aromatic rings. The van der Waals surface area contributed by atoms with Gasteiger partial charge in [-0.05, 0) is 108 Å². The Labute approximate surface area is 462 Å². The first-order chi connectivity index (χ1) is 38.1. The van der Waals surface area contributed by atoms with E-state index in [1.807, 2.05) is 89.1 Å².